The second-order valence-electron chi connectivity index (χ2n) is 2.37. The summed E-state index contributed by atoms with van der Waals surface area (Å²) < 4.78 is 9.78. The molecule has 2 aliphatic heterocycles. The van der Waals surface area contributed by atoms with Crippen molar-refractivity contribution < 1.29 is 9.47 Å². The standard InChI is InChI=1S/C4H8O.C3H7NO/c1-2-4-5-3-1;1-2-5-3-4-1/h1-4H2;4H,1-3H2. The average molecular weight is 145 g/mol. The number of nitrogens with one attached hydrogen (secondary N) is 1. The zero-order chi connectivity index (χ0) is 7.07. The summed E-state index contributed by atoms with van der Waals surface area (Å²) in [6, 6.07) is 0. The van der Waals surface area contributed by atoms with Crippen LogP contribution in [0.2, 0.25) is 0 Å². The molecule has 0 atom stereocenters. The van der Waals surface area contributed by atoms with Gasteiger partial charge in [0.15, 0.2) is 0 Å². The van der Waals surface area contributed by atoms with E-state index in [2.05, 4.69) is 5.32 Å². The first-order valence-electron chi connectivity index (χ1n) is 3.86. The van der Waals surface area contributed by atoms with Crippen LogP contribution >= 0.6 is 0 Å². The van der Waals surface area contributed by atoms with Gasteiger partial charge in [0.1, 0.15) is 0 Å². The van der Waals surface area contributed by atoms with Crippen LogP contribution < -0.4 is 5.32 Å². The molecule has 3 heteroatoms. The van der Waals surface area contributed by atoms with E-state index in [0.29, 0.717) is 0 Å². The third-order valence-corrected chi connectivity index (χ3v) is 1.45. The summed E-state index contributed by atoms with van der Waals surface area (Å²) in [6.07, 6.45) is 2.56. The van der Waals surface area contributed by atoms with Gasteiger partial charge in [0.25, 0.3) is 0 Å². The minimum Gasteiger partial charge on any atom is -0.381 e. The molecule has 2 heterocycles. The third kappa shape index (κ3) is 3.82. The number of ether oxygens (including phenoxy) is 2. The maximum absolute atomic E-state index is 4.94. The van der Waals surface area contributed by atoms with Crippen molar-refractivity contribution in [3.05, 3.63) is 0 Å². The van der Waals surface area contributed by atoms with Crippen LogP contribution in [-0.4, -0.2) is 33.1 Å². The molecular formula is C7H15NO2. The Kier molecular flexibility index (Phi) is 4.51. The predicted octanol–water partition coefficient (Wildman–Crippen LogP) is 0.361. The summed E-state index contributed by atoms with van der Waals surface area (Å²) in [7, 11) is 0. The number of hydrogen-bond acceptors (Lipinski definition) is 3. The second kappa shape index (κ2) is 5.65. The van der Waals surface area contributed by atoms with Gasteiger partial charge in [-0.25, -0.2) is 0 Å². The van der Waals surface area contributed by atoms with Crippen molar-refractivity contribution in [2.45, 2.75) is 12.8 Å². The molecule has 2 fully saturated rings. The van der Waals surface area contributed by atoms with E-state index in [0.717, 1.165) is 33.1 Å². The molecule has 0 spiro atoms. The summed E-state index contributed by atoms with van der Waals surface area (Å²) in [5.74, 6) is 0. The van der Waals surface area contributed by atoms with E-state index in [-0.39, 0.29) is 0 Å². The van der Waals surface area contributed by atoms with Crippen LogP contribution in [0.25, 0.3) is 0 Å². The Balaban J connectivity index is 0.0000001000. The van der Waals surface area contributed by atoms with E-state index in [4.69, 9.17) is 9.47 Å². The van der Waals surface area contributed by atoms with E-state index >= 15 is 0 Å². The summed E-state index contributed by atoms with van der Waals surface area (Å²) in [5.41, 5.74) is 0. The van der Waals surface area contributed by atoms with Crippen LogP contribution in [0.1, 0.15) is 12.8 Å². The van der Waals surface area contributed by atoms with Crippen molar-refractivity contribution in [3.63, 3.8) is 0 Å². The van der Waals surface area contributed by atoms with Crippen LogP contribution in [-0.2, 0) is 9.47 Å². The fourth-order valence-electron chi connectivity index (χ4n) is 0.871. The van der Waals surface area contributed by atoms with Crippen molar-refractivity contribution in [2.75, 3.05) is 33.1 Å². The maximum Gasteiger partial charge on any atom is 0.0966 e. The topological polar surface area (TPSA) is 30.5 Å². The van der Waals surface area contributed by atoms with Gasteiger partial charge in [-0.05, 0) is 12.8 Å². The maximum atomic E-state index is 4.94. The monoisotopic (exact) mass is 145 g/mol. The minimum atomic E-state index is 0.750. The molecule has 1 N–H and O–H groups in total. The molecule has 0 aromatic rings. The molecule has 10 heavy (non-hydrogen) atoms. The Labute approximate surface area is 61.7 Å². The molecule has 0 amide bonds. The third-order valence-electron chi connectivity index (χ3n) is 1.45. The first kappa shape index (κ1) is 7.98. The molecule has 0 radical (unpaired) electrons. The van der Waals surface area contributed by atoms with Gasteiger partial charge in [-0.3, -0.25) is 5.32 Å². The fraction of sp³-hybridized carbons (Fsp3) is 1.00. The number of hydrogen-bond donors (Lipinski definition) is 1. The highest BCUT2D eigenvalue weighted by Gasteiger charge is 1.94. The van der Waals surface area contributed by atoms with Crippen LogP contribution in [0.3, 0.4) is 0 Å². The SMILES string of the molecule is C1CCOC1.C1COCN1. The highest BCUT2D eigenvalue weighted by Crippen LogP contribution is 1.98. The molecule has 0 saturated carbocycles. The first-order chi connectivity index (χ1) is 5.00. The largest absolute Gasteiger partial charge is 0.381 e. The number of rotatable bonds is 0. The van der Waals surface area contributed by atoms with E-state index < -0.39 is 0 Å². The molecule has 2 aliphatic rings. The molecule has 0 aromatic heterocycles. The second-order valence-corrected chi connectivity index (χ2v) is 2.37. The average Bonchev–Trinajstić information content (AvgIpc) is 2.67. The normalized spacial score (nSPS) is 24.0. The van der Waals surface area contributed by atoms with Gasteiger partial charge in [-0.15, -0.1) is 0 Å². The summed E-state index contributed by atoms with van der Waals surface area (Å²) in [4.78, 5) is 0. The lowest BCUT2D eigenvalue weighted by molar-refractivity contribution is 0.194. The van der Waals surface area contributed by atoms with Gasteiger partial charge in [-0.2, -0.15) is 0 Å². The summed E-state index contributed by atoms with van der Waals surface area (Å²) in [6.45, 7) is 4.67. The van der Waals surface area contributed by atoms with Crippen molar-refractivity contribution in [2.24, 2.45) is 0 Å². The van der Waals surface area contributed by atoms with Crippen molar-refractivity contribution >= 4 is 0 Å². The zero-order valence-electron chi connectivity index (χ0n) is 6.27. The lowest BCUT2D eigenvalue weighted by Crippen LogP contribution is -2.05. The zero-order valence-corrected chi connectivity index (χ0v) is 6.27. The molecular weight excluding hydrogens is 130 g/mol. The van der Waals surface area contributed by atoms with Crippen molar-refractivity contribution in [1.82, 2.24) is 5.32 Å². The van der Waals surface area contributed by atoms with Crippen LogP contribution in [0, 0.1) is 0 Å². The van der Waals surface area contributed by atoms with Crippen LogP contribution in [0.4, 0.5) is 0 Å². The van der Waals surface area contributed by atoms with E-state index in [1.807, 2.05) is 0 Å². The first-order valence-corrected chi connectivity index (χ1v) is 3.86. The highest BCUT2D eigenvalue weighted by atomic mass is 16.5. The van der Waals surface area contributed by atoms with Gasteiger partial charge in [0.2, 0.25) is 0 Å². The molecule has 2 saturated heterocycles. The lowest BCUT2D eigenvalue weighted by Gasteiger charge is -1.76. The lowest BCUT2D eigenvalue weighted by atomic mass is 10.4. The van der Waals surface area contributed by atoms with Gasteiger partial charge < -0.3 is 9.47 Å². The highest BCUT2D eigenvalue weighted by molar-refractivity contribution is 4.44. The van der Waals surface area contributed by atoms with E-state index in [1.54, 1.807) is 0 Å². The molecule has 2 rings (SSSR count). The quantitative estimate of drug-likeness (QED) is 0.534. The van der Waals surface area contributed by atoms with Crippen molar-refractivity contribution in [3.8, 4) is 0 Å². The predicted molar refractivity (Wildman–Crippen MR) is 38.9 cm³/mol. The van der Waals surface area contributed by atoms with E-state index in [9.17, 15) is 0 Å². The fourth-order valence-corrected chi connectivity index (χ4v) is 0.871. The van der Waals surface area contributed by atoms with Gasteiger partial charge >= 0.3 is 0 Å². The summed E-state index contributed by atoms with van der Waals surface area (Å²) >= 11 is 0. The molecule has 0 unspecified atom stereocenters. The Morgan fingerprint density at radius 1 is 0.900 bits per heavy atom. The summed E-state index contributed by atoms with van der Waals surface area (Å²) in [5, 5.41) is 3.00. The minimum absolute atomic E-state index is 0.750. The molecule has 0 bridgehead atoms. The van der Waals surface area contributed by atoms with Crippen LogP contribution in [0.5, 0.6) is 0 Å². The molecule has 60 valence electrons. The molecule has 0 aliphatic carbocycles. The van der Waals surface area contributed by atoms with Crippen LogP contribution in [0.15, 0.2) is 0 Å². The smallest absolute Gasteiger partial charge is 0.0966 e. The Morgan fingerprint density at radius 2 is 1.70 bits per heavy atom. The van der Waals surface area contributed by atoms with Gasteiger partial charge in [-0.1, -0.05) is 0 Å². The Morgan fingerprint density at radius 3 is 1.90 bits per heavy atom. The molecule has 3 nitrogen and oxygen atoms in total. The Bertz CT molecular complexity index is 44.8. The van der Waals surface area contributed by atoms with Crippen molar-refractivity contribution in [1.29, 1.82) is 0 Å². The van der Waals surface area contributed by atoms with Gasteiger partial charge in [0.05, 0.1) is 13.3 Å². The van der Waals surface area contributed by atoms with Gasteiger partial charge in [0, 0.05) is 19.8 Å². The molecule has 0 aromatic carbocycles. The van der Waals surface area contributed by atoms with E-state index in [1.165, 1.54) is 12.8 Å². The Hall–Kier alpha value is -0.120.